The summed E-state index contributed by atoms with van der Waals surface area (Å²) in [6.45, 7) is 1.32. The molecule has 0 amide bonds. The number of nitrogen functional groups attached to an aromatic ring is 1. The van der Waals surface area contributed by atoms with E-state index in [1.165, 1.54) is 18.3 Å². The zero-order chi connectivity index (χ0) is 27.8. The molecule has 3 aliphatic heterocycles. The average molecular weight is 568 g/mol. The summed E-state index contributed by atoms with van der Waals surface area (Å²) in [6.07, 6.45) is 1.61. The maximum absolute atomic E-state index is 16.5. The van der Waals surface area contributed by atoms with E-state index in [0.717, 1.165) is 17.8 Å². The van der Waals surface area contributed by atoms with Crippen molar-refractivity contribution >= 4 is 37.3 Å². The Kier molecular flexibility index (Phi) is 5.75. The van der Waals surface area contributed by atoms with Crippen LogP contribution in [0.4, 0.5) is 22.6 Å². The summed E-state index contributed by atoms with van der Waals surface area (Å²) in [7, 11) is 0. The third-order valence-electron chi connectivity index (χ3n) is 8.28. The van der Waals surface area contributed by atoms with E-state index in [-0.39, 0.29) is 76.1 Å². The van der Waals surface area contributed by atoms with Crippen LogP contribution in [-0.2, 0) is 18.0 Å². The van der Waals surface area contributed by atoms with Gasteiger partial charge in [-0.15, -0.1) is 11.3 Å². The van der Waals surface area contributed by atoms with E-state index in [4.69, 9.17) is 15.2 Å². The zero-order valence-corrected chi connectivity index (χ0v) is 21.8. The maximum Gasteiger partial charge on any atom is 0.317 e. The maximum atomic E-state index is 16.5. The molecule has 7 rings (SSSR count). The topological polar surface area (TPSA) is 97.3 Å². The van der Waals surface area contributed by atoms with Gasteiger partial charge in [-0.05, 0) is 48.6 Å². The van der Waals surface area contributed by atoms with Crippen LogP contribution in [0.25, 0.3) is 32.1 Å². The molecule has 4 aromatic rings. The second-order valence-corrected chi connectivity index (χ2v) is 11.4. The number of ether oxygens (including phenoxy) is 2. The van der Waals surface area contributed by atoms with Crippen molar-refractivity contribution in [3.63, 3.8) is 0 Å². The summed E-state index contributed by atoms with van der Waals surface area (Å²) < 4.78 is 69.6. The molecule has 0 saturated carbocycles. The Labute approximate surface area is 229 Å². The molecule has 0 unspecified atom stereocenters. The number of benzene rings is 2. The highest BCUT2D eigenvalue weighted by molar-refractivity contribution is 7.23. The van der Waals surface area contributed by atoms with Gasteiger partial charge < -0.3 is 15.2 Å². The standard InChI is InChI=1S/C28H21F4N5O2S/c29-19-3-2-14(21-15(7-33)26(34)40-24(19)21)20-18-11-38-10-17(18)16-8-35-27(36-23(16)22(20)30)39-12-28-4-1-5-37(28)9-13(6-28)25(31)32/h2-3,8H,1,4-6,9-12,34H2/t28-/m1/s1. The molecule has 204 valence electrons. The Bertz CT molecular complexity index is 1810. The summed E-state index contributed by atoms with van der Waals surface area (Å²) in [4.78, 5) is 10.7. The van der Waals surface area contributed by atoms with Crippen LogP contribution in [0, 0.1) is 23.0 Å². The Morgan fingerprint density at radius 1 is 1.25 bits per heavy atom. The minimum Gasteiger partial charge on any atom is -0.461 e. The van der Waals surface area contributed by atoms with Gasteiger partial charge in [-0.1, -0.05) is 6.07 Å². The van der Waals surface area contributed by atoms with Crippen LogP contribution in [0.5, 0.6) is 6.01 Å². The number of halogens is 4. The first kappa shape index (κ1) is 25.2. The Morgan fingerprint density at radius 3 is 2.88 bits per heavy atom. The van der Waals surface area contributed by atoms with Gasteiger partial charge in [0.15, 0.2) is 5.82 Å². The van der Waals surface area contributed by atoms with Crippen LogP contribution in [0.1, 0.15) is 36.0 Å². The van der Waals surface area contributed by atoms with Crippen molar-refractivity contribution in [1.29, 1.82) is 5.26 Å². The smallest absolute Gasteiger partial charge is 0.317 e. The van der Waals surface area contributed by atoms with Gasteiger partial charge in [-0.2, -0.15) is 19.0 Å². The number of rotatable bonds is 4. The van der Waals surface area contributed by atoms with Crippen LogP contribution < -0.4 is 10.5 Å². The van der Waals surface area contributed by atoms with Crippen molar-refractivity contribution in [1.82, 2.24) is 14.9 Å². The third kappa shape index (κ3) is 3.61. The number of hydrogen-bond acceptors (Lipinski definition) is 8. The highest BCUT2D eigenvalue weighted by atomic mass is 32.1. The molecular weight excluding hydrogens is 546 g/mol. The Hall–Kier alpha value is -3.79. The SMILES string of the molecule is N#Cc1c(N)sc2c(F)ccc(-c3c4c(c5cnc(OC[C@]67CCCN6CC(=C(F)F)C7)nc5c3F)COC4)c12. The molecule has 2 aromatic carbocycles. The summed E-state index contributed by atoms with van der Waals surface area (Å²) in [6, 6.07) is 4.62. The summed E-state index contributed by atoms with van der Waals surface area (Å²) in [5, 5.41) is 10.6. The monoisotopic (exact) mass is 567 g/mol. The number of nitriles is 1. The van der Waals surface area contributed by atoms with E-state index in [2.05, 4.69) is 9.97 Å². The number of fused-ring (bicyclic) bond motifs is 5. The van der Waals surface area contributed by atoms with Crippen molar-refractivity contribution in [3.8, 4) is 23.2 Å². The lowest BCUT2D eigenvalue weighted by atomic mass is 9.91. The second kappa shape index (κ2) is 9.12. The molecule has 2 aromatic heterocycles. The molecule has 2 N–H and O–H groups in total. The Balaban J connectivity index is 1.34. The van der Waals surface area contributed by atoms with Crippen molar-refractivity contribution in [2.75, 3.05) is 25.4 Å². The zero-order valence-electron chi connectivity index (χ0n) is 21.0. The van der Waals surface area contributed by atoms with Crippen LogP contribution in [0.3, 0.4) is 0 Å². The van der Waals surface area contributed by atoms with Gasteiger partial charge in [0.25, 0.3) is 6.08 Å². The first-order valence-corrected chi connectivity index (χ1v) is 13.5. The van der Waals surface area contributed by atoms with Gasteiger partial charge in [0.05, 0.1) is 29.0 Å². The lowest BCUT2D eigenvalue weighted by Gasteiger charge is -2.30. The molecule has 0 aliphatic carbocycles. The van der Waals surface area contributed by atoms with E-state index in [1.807, 2.05) is 11.0 Å². The lowest BCUT2D eigenvalue weighted by Crippen LogP contribution is -2.43. The summed E-state index contributed by atoms with van der Waals surface area (Å²) in [5.41, 5.74) is 7.39. The van der Waals surface area contributed by atoms with E-state index >= 15 is 4.39 Å². The first-order chi connectivity index (χ1) is 19.3. The average Bonchev–Trinajstić information content (AvgIpc) is 3.70. The predicted molar refractivity (Wildman–Crippen MR) is 141 cm³/mol. The highest BCUT2D eigenvalue weighted by Crippen LogP contribution is 2.46. The molecule has 3 aliphatic rings. The quantitative estimate of drug-likeness (QED) is 0.300. The van der Waals surface area contributed by atoms with Crippen LogP contribution in [0.2, 0.25) is 0 Å². The number of nitrogens with zero attached hydrogens (tertiary/aromatic N) is 4. The molecular formula is C28H21F4N5O2S. The minimum atomic E-state index is -1.65. The van der Waals surface area contributed by atoms with Gasteiger partial charge in [0, 0.05) is 34.7 Å². The molecule has 5 heterocycles. The molecule has 2 saturated heterocycles. The minimum absolute atomic E-state index is 0.00831. The highest BCUT2D eigenvalue weighted by Gasteiger charge is 2.48. The third-order valence-corrected chi connectivity index (χ3v) is 9.31. The van der Waals surface area contributed by atoms with Crippen LogP contribution >= 0.6 is 11.3 Å². The number of thiophene rings is 1. The van der Waals surface area contributed by atoms with Gasteiger partial charge >= 0.3 is 6.01 Å². The molecule has 1 atom stereocenters. The van der Waals surface area contributed by atoms with Gasteiger partial charge in [0.2, 0.25) is 0 Å². The molecule has 40 heavy (non-hydrogen) atoms. The van der Waals surface area contributed by atoms with E-state index in [9.17, 15) is 18.4 Å². The van der Waals surface area contributed by atoms with Crippen LogP contribution in [0.15, 0.2) is 30.0 Å². The fourth-order valence-corrected chi connectivity index (χ4v) is 7.37. The fraction of sp³-hybridized carbons (Fsp3) is 0.321. The molecule has 2 fully saturated rings. The number of hydrogen-bond donors (Lipinski definition) is 1. The van der Waals surface area contributed by atoms with Crippen LogP contribution in [-0.4, -0.2) is 40.1 Å². The van der Waals surface area contributed by atoms with Crippen molar-refractivity contribution < 1.29 is 27.0 Å². The van der Waals surface area contributed by atoms with E-state index in [1.54, 1.807) is 0 Å². The normalized spacial score (nSPS) is 20.3. The molecule has 0 radical (unpaired) electrons. The van der Waals surface area contributed by atoms with Crippen molar-refractivity contribution in [2.45, 2.75) is 38.0 Å². The molecule has 0 spiro atoms. The fourth-order valence-electron chi connectivity index (χ4n) is 6.42. The van der Waals surface area contributed by atoms with E-state index in [0.29, 0.717) is 35.0 Å². The molecule has 12 heteroatoms. The Morgan fingerprint density at radius 2 is 2.08 bits per heavy atom. The number of nitrogens with two attached hydrogens (primary N) is 1. The summed E-state index contributed by atoms with van der Waals surface area (Å²) in [5.74, 6) is -1.23. The first-order valence-electron chi connectivity index (χ1n) is 12.7. The van der Waals surface area contributed by atoms with E-state index < -0.39 is 23.3 Å². The van der Waals surface area contributed by atoms with Crippen molar-refractivity contribution in [3.05, 3.63) is 58.3 Å². The van der Waals surface area contributed by atoms with Gasteiger partial charge in [0.1, 0.15) is 29.0 Å². The van der Waals surface area contributed by atoms with Crippen molar-refractivity contribution in [2.24, 2.45) is 0 Å². The van der Waals surface area contributed by atoms with Gasteiger partial charge in [-0.3, -0.25) is 4.90 Å². The largest absolute Gasteiger partial charge is 0.461 e. The van der Waals surface area contributed by atoms with Gasteiger partial charge in [-0.25, -0.2) is 13.8 Å². The molecule has 0 bridgehead atoms. The number of anilines is 1. The number of aromatic nitrogens is 2. The lowest BCUT2D eigenvalue weighted by molar-refractivity contribution is 0.108. The molecule has 7 nitrogen and oxygen atoms in total. The summed E-state index contributed by atoms with van der Waals surface area (Å²) >= 11 is 0.938. The predicted octanol–water partition coefficient (Wildman–Crippen LogP) is 6.04. The second-order valence-electron chi connectivity index (χ2n) is 10.4.